The molecule has 18 heavy (non-hydrogen) atoms. The number of benzene rings is 1. The van der Waals surface area contributed by atoms with Gasteiger partial charge < -0.3 is 15.2 Å². The van der Waals surface area contributed by atoms with Crippen LogP contribution in [0.5, 0.6) is 0 Å². The largest absolute Gasteiger partial charge is 0.391 e. The fraction of sp³-hybridized carbons (Fsp3) is 0.500. The Kier molecular flexibility index (Phi) is 7.19. The molecular weight excluding hydrogens is 260 g/mol. The number of methoxy groups -OCH3 is 1. The second kappa shape index (κ2) is 8.42. The van der Waals surface area contributed by atoms with E-state index in [1.165, 1.54) is 12.1 Å². The molecule has 3 nitrogen and oxygen atoms in total. The van der Waals surface area contributed by atoms with Crippen LogP contribution < -0.4 is 5.32 Å². The number of nitrogens with one attached hydrogen (secondary N) is 1. The van der Waals surface area contributed by atoms with Gasteiger partial charge in [-0.15, -0.1) is 11.8 Å². The van der Waals surface area contributed by atoms with Gasteiger partial charge in [-0.25, -0.2) is 8.78 Å². The highest BCUT2D eigenvalue weighted by Gasteiger charge is 2.08. The van der Waals surface area contributed by atoms with Gasteiger partial charge in [-0.1, -0.05) is 0 Å². The van der Waals surface area contributed by atoms with Gasteiger partial charge in [0, 0.05) is 36.9 Å². The number of hydrogen-bond acceptors (Lipinski definition) is 4. The topological polar surface area (TPSA) is 41.5 Å². The molecule has 1 aromatic rings. The lowest BCUT2D eigenvalue weighted by molar-refractivity contribution is 0.175. The SMILES string of the molecule is COCCNCC(O)CSc1ccc(F)cc1F. The summed E-state index contributed by atoms with van der Waals surface area (Å²) in [5, 5.41) is 12.6. The van der Waals surface area contributed by atoms with Crippen LogP contribution in [0.1, 0.15) is 0 Å². The molecule has 1 atom stereocenters. The molecule has 0 fully saturated rings. The van der Waals surface area contributed by atoms with Gasteiger partial charge in [-0.3, -0.25) is 0 Å². The van der Waals surface area contributed by atoms with Gasteiger partial charge in [0.2, 0.25) is 0 Å². The zero-order chi connectivity index (χ0) is 13.4. The van der Waals surface area contributed by atoms with Crippen molar-refractivity contribution in [3.05, 3.63) is 29.8 Å². The van der Waals surface area contributed by atoms with Crippen molar-refractivity contribution >= 4 is 11.8 Å². The van der Waals surface area contributed by atoms with E-state index >= 15 is 0 Å². The first-order valence-corrected chi connectivity index (χ1v) is 6.57. The molecule has 0 amide bonds. The lowest BCUT2D eigenvalue weighted by Gasteiger charge is -2.11. The number of halogens is 2. The number of thioether (sulfide) groups is 1. The molecule has 0 saturated heterocycles. The predicted molar refractivity (Wildman–Crippen MR) is 67.8 cm³/mol. The van der Waals surface area contributed by atoms with Gasteiger partial charge in [-0.05, 0) is 12.1 Å². The maximum atomic E-state index is 13.3. The molecule has 0 heterocycles. The normalized spacial score (nSPS) is 12.7. The van der Waals surface area contributed by atoms with E-state index in [9.17, 15) is 13.9 Å². The molecule has 0 radical (unpaired) electrons. The summed E-state index contributed by atoms with van der Waals surface area (Å²) in [6.07, 6.45) is -0.587. The van der Waals surface area contributed by atoms with Crippen LogP contribution in [0.25, 0.3) is 0 Å². The van der Waals surface area contributed by atoms with Crippen molar-refractivity contribution in [2.75, 3.05) is 32.6 Å². The van der Waals surface area contributed by atoms with Gasteiger partial charge in [0.1, 0.15) is 11.6 Å². The van der Waals surface area contributed by atoms with Crippen LogP contribution in [0.15, 0.2) is 23.1 Å². The molecule has 0 aliphatic rings. The molecule has 0 saturated carbocycles. The minimum absolute atomic E-state index is 0.340. The summed E-state index contributed by atoms with van der Waals surface area (Å²) >= 11 is 1.16. The molecule has 0 spiro atoms. The molecule has 1 unspecified atom stereocenters. The summed E-state index contributed by atoms with van der Waals surface area (Å²) in [6, 6.07) is 3.42. The summed E-state index contributed by atoms with van der Waals surface area (Å²) in [5.41, 5.74) is 0. The Morgan fingerprint density at radius 3 is 2.89 bits per heavy atom. The molecule has 1 aromatic carbocycles. The predicted octanol–water partition coefficient (Wildman–Crippen LogP) is 1.65. The van der Waals surface area contributed by atoms with E-state index in [2.05, 4.69) is 5.32 Å². The van der Waals surface area contributed by atoms with Crippen LogP contribution in [0.3, 0.4) is 0 Å². The van der Waals surface area contributed by atoms with E-state index in [1.54, 1.807) is 7.11 Å². The van der Waals surface area contributed by atoms with Crippen molar-refractivity contribution in [2.45, 2.75) is 11.0 Å². The summed E-state index contributed by atoms with van der Waals surface area (Å²) in [5.74, 6) is -0.846. The number of ether oxygens (including phenoxy) is 1. The fourth-order valence-electron chi connectivity index (χ4n) is 1.28. The van der Waals surface area contributed by atoms with E-state index in [4.69, 9.17) is 4.74 Å². The van der Waals surface area contributed by atoms with Crippen LogP contribution in [0, 0.1) is 11.6 Å². The van der Waals surface area contributed by atoms with Gasteiger partial charge in [0.05, 0.1) is 12.7 Å². The molecule has 0 aliphatic heterocycles. The van der Waals surface area contributed by atoms with E-state index < -0.39 is 17.7 Å². The molecule has 0 aromatic heterocycles. The zero-order valence-electron chi connectivity index (χ0n) is 10.2. The summed E-state index contributed by atoms with van der Waals surface area (Å²) in [4.78, 5) is 0.340. The van der Waals surface area contributed by atoms with Crippen LogP contribution in [0.4, 0.5) is 8.78 Å². The second-order valence-electron chi connectivity index (χ2n) is 3.74. The summed E-state index contributed by atoms with van der Waals surface area (Å²) in [6.45, 7) is 1.65. The van der Waals surface area contributed by atoms with Gasteiger partial charge in [0.25, 0.3) is 0 Å². The van der Waals surface area contributed by atoms with Gasteiger partial charge in [-0.2, -0.15) is 0 Å². The molecular formula is C12H17F2NO2S. The maximum Gasteiger partial charge on any atom is 0.139 e. The lowest BCUT2D eigenvalue weighted by atomic mass is 10.3. The third kappa shape index (κ3) is 5.77. The van der Waals surface area contributed by atoms with Crippen molar-refractivity contribution in [1.29, 1.82) is 0 Å². The average Bonchev–Trinajstić information content (AvgIpc) is 2.33. The minimum Gasteiger partial charge on any atom is -0.391 e. The minimum atomic E-state index is -0.598. The Bertz CT molecular complexity index is 366. The summed E-state index contributed by atoms with van der Waals surface area (Å²) in [7, 11) is 1.60. The second-order valence-corrected chi connectivity index (χ2v) is 4.80. The number of aliphatic hydroxyl groups excluding tert-OH is 1. The van der Waals surface area contributed by atoms with Crippen molar-refractivity contribution < 1.29 is 18.6 Å². The quantitative estimate of drug-likeness (QED) is 0.560. The van der Waals surface area contributed by atoms with Crippen LogP contribution >= 0.6 is 11.8 Å². The van der Waals surface area contributed by atoms with Crippen molar-refractivity contribution in [3.8, 4) is 0 Å². The van der Waals surface area contributed by atoms with E-state index in [1.807, 2.05) is 0 Å². The number of hydrogen-bond donors (Lipinski definition) is 2. The number of rotatable bonds is 8. The average molecular weight is 277 g/mol. The molecule has 0 aliphatic carbocycles. The van der Waals surface area contributed by atoms with E-state index in [0.29, 0.717) is 30.3 Å². The maximum absolute atomic E-state index is 13.3. The Balaban J connectivity index is 2.27. The zero-order valence-corrected chi connectivity index (χ0v) is 11.0. The molecule has 6 heteroatoms. The van der Waals surface area contributed by atoms with E-state index in [-0.39, 0.29) is 0 Å². The third-order valence-corrected chi connectivity index (χ3v) is 3.38. The smallest absolute Gasteiger partial charge is 0.139 e. The first-order valence-electron chi connectivity index (χ1n) is 5.59. The number of aliphatic hydroxyl groups is 1. The Morgan fingerprint density at radius 2 is 2.22 bits per heavy atom. The first-order chi connectivity index (χ1) is 8.63. The molecule has 102 valence electrons. The lowest BCUT2D eigenvalue weighted by Crippen LogP contribution is -2.30. The van der Waals surface area contributed by atoms with Crippen LogP contribution in [-0.2, 0) is 4.74 Å². The molecule has 2 N–H and O–H groups in total. The summed E-state index contributed by atoms with van der Waals surface area (Å²) < 4.78 is 30.8. The standard InChI is InChI=1S/C12H17F2NO2S/c1-17-5-4-15-7-10(16)8-18-12-3-2-9(13)6-11(12)14/h2-3,6,10,15-16H,4-5,7-8H2,1H3. The van der Waals surface area contributed by atoms with Crippen LogP contribution in [0.2, 0.25) is 0 Å². The Labute approximate surface area is 110 Å². The van der Waals surface area contributed by atoms with E-state index in [0.717, 1.165) is 17.8 Å². The molecule has 1 rings (SSSR count). The monoisotopic (exact) mass is 277 g/mol. The van der Waals surface area contributed by atoms with Crippen LogP contribution in [-0.4, -0.2) is 43.8 Å². The van der Waals surface area contributed by atoms with Crippen molar-refractivity contribution in [3.63, 3.8) is 0 Å². The first kappa shape index (κ1) is 15.4. The Morgan fingerprint density at radius 1 is 1.44 bits per heavy atom. The molecule has 0 bridgehead atoms. The highest BCUT2D eigenvalue weighted by molar-refractivity contribution is 7.99. The fourth-order valence-corrected chi connectivity index (χ4v) is 2.13. The van der Waals surface area contributed by atoms with Gasteiger partial charge in [0.15, 0.2) is 0 Å². The highest BCUT2D eigenvalue weighted by Crippen LogP contribution is 2.22. The van der Waals surface area contributed by atoms with Crippen molar-refractivity contribution in [1.82, 2.24) is 5.32 Å². The van der Waals surface area contributed by atoms with Gasteiger partial charge >= 0.3 is 0 Å². The highest BCUT2D eigenvalue weighted by atomic mass is 32.2. The third-order valence-electron chi connectivity index (χ3n) is 2.19. The van der Waals surface area contributed by atoms with Crippen molar-refractivity contribution in [2.24, 2.45) is 0 Å². The Hall–Kier alpha value is -0.690.